The lowest BCUT2D eigenvalue weighted by Gasteiger charge is -2.19. The molecule has 1 atom stereocenters. The van der Waals surface area contributed by atoms with Crippen molar-refractivity contribution in [3.8, 4) is 0 Å². The maximum Gasteiger partial charge on any atom is 0.264 e. The van der Waals surface area contributed by atoms with Gasteiger partial charge in [-0.2, -0.15) is 8.42 Å². The third kappa shape index (κ3) is 3.94. The van der Waals surface area contributed by atoms with Gasteiger partial charge >= 0.3 is 0 Å². The highest BCUT2D eigenvalue weighted by Gasteiger charge is 2.25. The molecule has 1 heterocycles. The quantitative estimate of drug-likeness (QED) is 0.655. The van der Waals surface area contributed by atoms with Gasteiger partial charge in [0.25, 0.3) is 10.1 Å². The second-order valence-electron chi connectivity index (χ2n) is 4.23. The summed E-state index contributed by atoms with van der Waals surface area (Å²) in [5.41, 5.74) is 0. The summed E-state index contributed by atoms with van der Waals surface area (Å²) in [6.45, 7) is 6.64. The van der Waals surface area contributed by atoms with E-state index < -0.39 is 10.1 Å². The Kier molecular flexibility index (Phi) is 3.92. The summed E-state index contributed by atoms with van der Waals surface area (Å²) in [4.78, 5) is 2.34. The topological polar surface area (TPSA) is 46.6 Å². The molecular formula is C9H19NO3S. The van der Waals surface area contributed by atoms with Crippen LogP contribution < -0.4 is 0 Å². The van der Waals surface area contributed by atoms with Gasteiger partial charge in [-0.05, 0) is 32.7 Å². The summed E-state index contributed by atoms with van der Waals surface area (Å²) in [5, 5.41) is 0. The van der Waals surface area contributed by atoms with E-state index in [9.17, 15) is 8.42 Å². The first-order valence-corrected chi connectivity index (χ1v) is 6.78. The van der Waals surface area contributed by atoms with Gasteiger partial charge in [-0.25, -0.2) is 0 Å². The van der Waals surface area contributed by atoms with Gasteiger partial charge < -0.3 is 4.90 Å². The normalized spacial score (nSPS) is 24.7. The zero-order chi connectivity index (χ0) is 10.8. The molecule has 0 bridgehead atoms. The van der Waals surface area contributed by atoms with Crippen LogP contribution in [0.5, 0.6) is 0 Å². The Balaban J connectivity index is 2.30. The van der Waals surface area contributed by atoms with E-state index in [0.29, 0.717) is 18.6 Å². The monoisotopic (exact) mass is 221 g/mol. The Morgan fingerprint density at radius 3 is 2.57 bits per heavy atom. The molecule has 0 aromatic rings. The number of rotatable bonds is 4. The number of likely N-dealkylation sites (tertiary alicyclic amines) is 1. The number of hydrogen-bond donors (Lipinski definition) is 0. The molecular weight excluding hydrogens is 202 g/mol. The van der Waals surface area contributed by atoms with E-state index in [-0.39, 0.29) is 0 Å². The average Bonchev–Trinajstić information content (AvgIpc) is 2.47. The van der Waals surface area contributed by atoms with Crippen molar-refractivity contribution in [1.29, 1.82) is 0 Å². The van der Waals surface area contributed by atoms with Crippen molar-refractivity contribution in [1.82, 2.24) is 4.90 Å². The van der Waals surface area contributed by atoms with Gasteiger partial charge in [0.1, 0.15) is 0 Å². The third-order valence-electron chi connectivity index (χ3n) is 2.57. The molecule has 0 aromatic heterocycles. The van der Waals surface area contributed by atoms with E-state index in [2.05, 4.69) is 18.7 Å². The van der Waals surface area contributed by atoms with Gasteiger partial charge in [0, 0.05) is 12.6 Å². The van der Waals surface area contributed by atoms with Gasteiger partial charge in [0.15, 0.2) is 0 Å². The van der Waals surface area contributed by atoms with E-state index in [1.165, 1.54) is 0 Å². The molecule has 1 fully saturated rings. The fourth-order valence-corrected chi connectivity index (χ4v) is 2.13. The molecule has 5 heteroatoms. The second kappa shape index (κ2) is 4.59. The minimum atomic E-state index is -3.27. The van der Waals surface area contributed by atoms with E-state index in [1.807, 2.05) is 0 Å². The number of hydrogen-bond acceptors (Lipinski definition) is 4. The van der Waals surface area contributed by atoms with Crippen LogP contribution in [-0.2, 0) is 14.3 Å². The summed E-state index contributed by atoms with van der Waals surface area (Å²) in [6.07, 6.45) is 2.13. The van der Waals surface area contributed by atoms with E-state index in [4.69, 9.17) is 4.18 Å². The molecule has 1 aliphatic rings. The maximum atomic E-state index is 10.8. The minimum Gasteiger partial charge on any atom is -0.301 e. The standard InChI is InChI=1S/C9H19NO3S/c1-8(2)10-5-4-9(6-10)7-13-14(3,11)12/h8-9H,4-7H2,1-3H3/t9-/m1/s1. The number of nitrogens with zero attached hydrogens (tertiary/aromatic N) is 1. The fourth-order valence-electron chi connectivity index (χ4n) is 1.69. The Morgan fingerprint density at radius 1 is 1.50 bits per heavy atom. The van der Waals surface area contributed by atoms with Gasteiger partial charge in [0.2, 0.25) is 0 Å². The molecule has 1 saturated heterocycles. The van der Waals surface area contributed by atoms with Crippen LogP contribution in [0.15, 0.2) is 0 Å². The maximum absolute atomic E-state index is 10.8. The first-order chi connectivity index (χ1) is 6.38. The van der Waals surface area contributed by atoms with Gasteiger partial charge in [-0.3, -0.25) is 4.18 Å². The van der Waals surface area contributed by atoms with Crippen LogP contribution in [0.25, 0.3) is 0 Å². The summed E-state index contributed by atoms with van der Waals surface area (Å²) in [5.74, 6) is 0.368. The molecule has 0 amide bonds. The molecule has 1 aliphatic heterocycles. The van der Waals surface area contributed by atoms with Crippen molar-refractivity contribution in [2.75, 3.05) is 26.0 Å². The zero-order valence-corrected chi connectivity index (χ0v) is 9.88. The van der Waals surface area contributed by atoms with Crippen LogP contribution >= 0.6 is 0 Å². The third-order valence-corrected chi connectivity index (χ3v) is 3.13. The van der Waals surface area contributed by atoms with Crippen molar-refractivity contribution in [3.63, 3.8) is 0 Å². The lowest BCUT2D eigenvalue weighted by atomic mass is 10.1. The van der Waals surface area contributed by atoms with E-state index >= 15 is 0 Å². The summed E-state index contributed by atoms with van der Waals surface area (Å²) in [6, 6.07) is 0.540. The largest absolute Gasteiger partial charge is 0.301 e. The lowest BCUT2D eigenvalue weighted by Crippen LogP contribution is -2.29. The molecule has 84 valence electrons. The van der Waals surface area contributed by atoms with Crippen LogP contribution in [0.1, 0.15) is 20.3 Å². The first kappa shape index (κ1) is 11.9. The Bertz CT molecular complexity index is 274. The second-order valence-corrected chi connectivity index (χ2v) is 5.88. The van der Waals surface area contributed by atoms with Gasteiger partial charge in [-0.15, -0.1) is 0 Å². The van der Waals surface area contributed by atoms with Crippen LogP contribution in [0, 0.1) is 5.92 Å². The van der Waals surface area contributed by atoms with Crippen LogP contribution in [0.3, 0.4) is 0 Å². The Morgan fingerprint density at radius 2 is 2.14 bits per heavy atom. The molecule has 14 heavy (non-hydrogen) atoms. The highest BCUT2D eigenvalue weighted by Crippen LogP contribution is 2.18. The SMILES string of the molecule is CC(C)N1CC[C@@H](COS(C)(=O)=O)C1. The zero-order valence-electron chi connectivity index (χ0n) is 9.06. The molecule has 0 saturated carbocycles. The van der Waals surface area contributed by atoms with Gasteiger partial charge in [-0.1, -0.05) is 0 Å². The molecule has 0 aliphatic carbocycles. The van der Waals surface area contributed by atoms with Crippen LogP contribution in [0.4, 0.5) is 0 Å². The fraction of sp³-hybridized carbons (Fsp3) is 1.00. The van der Waals surface area contributed by atoms with E-state index in [1.54, 1.807) is 0 Å². The molecule has 0 aromatic carbocycles. The summed E-state index contributed by atoms with van der Waals surface area (Å²) >= 11 is 0. The molecule has 0 radical (unpaired) electrons. The Hall–Kier alpha value is -0.130. The van der Waals surface area contributed by atoms with E-state index in [0.717, 1.165) is 25.8 Å². The molecule has 0 unspecified atom stereocenters. The van der Waals surface area contributed by atoms with Crippen molar-refractivity contribution in [3.05, 3.63) is 0 Å². The highest BCUT2D eigenvalue weighted by molar-refractivity contribution is 7.85. The summed E-state index contributed by atoms with van der Waals surface area (Å²) < 4.78 is 26.3. The first-order valence-electron chi connectivity index (χ1n) is 4.97. The molecule has 0 spiro atoms. The van der Waals surface area contributed by atoms with Crippen molar-refractivity contribution >= 4 is 10.1 Å². The smallest absolute Gasteiger partial charge is 0.264 e. The average molecular weight is 221 g/mol. The van der Waals surface area contributed by atoms with Crippen molar-refractivity contribution in [2.24, 2.45) is 5.92 Å². The highest BCUT2D eigenvalue weighted by atomic mass is 32.2. The lowest BCUT2D eigenvalue weighted by molar-refractivity contribution is 0.228. The predicted octanol–water partition coefficient (Wildman–Crippen LogP) is 0.693. The molecule has 1 rings (SSSR count). The summed E-state index contributed by atoms with van der Waals surface area (Å²) in [7, 11) is -3.27. The van der Waals surface area contributed by atoms with Crippen molar-refractivity contribution in [2.45, 2.75) is 26.3 Å². The van der Waals surface area contributed by atoms with Gasteiger partial charge in [0.05, 0.1) is 12.9 Å². The molecule has 0 N–H and O–H groups in total. The molecule has 4 nitrogen and oxygen atoms in total. The Labute approximate surface area is 86.4 Å². The predicted molar refractivity (Wildman–Crippen MR) is 55.6 cm³/mol. The van der Waals surface area contributed by atoms with Crippen LogP contribution in [0.2, 0.25) is 0 Å². The van der Waals surface area contributed by atoms with Crippen LogP contribution in [-0.4, -0.2) is 45.3 Å². The van der Waals surface area contributed by atoms with Crippen molar-refractivity contribution < 1.29 is 12.6 Å². The minimum absolute atomic E-state index is 0.335.